The first-order valence-electron chi connectivity index (χ1n) is 12.9. The Bertz CT molecular complexity index is 1440. The van der Waals surface area contributed by atoms with Gasteiger partial charge in [-0.2, -0.15) is 0 Å². The Kier molecular flexibility index (Phi) is 3.96. The second-order valence-electron chi connectivity index (χ2n) is 11.2. The summed E-state index contributed by atoms with van der Waals surface area (Å²) in [7, 11) is 0. The lowest BCUT2D eigenvalue weighted by Crippen LogP contribution is -2.55. The van der Waals surface area contributed by atoms with Crippen LogP contribution in [0.2, 0.25) is 5.02 Å². The molecule has 34 heavy (non-hydrogen) atoms. The highest BCUT2D eigenvalue weighted by Crippen LogP contribution is 2.70. The highest BCUT2D eigenvalue weighted by Gasteiger charge is 2.62. The third-order valence-corrected chi connectivity index (χ3v) is 10.1. The van der Waals surface area contributed by atoms with Crippen LogP contribution in [0.15, 0.2) is 78.9 Å². The summed E-state index contributed by atoms with van der Waals surface area (Å²) >= 11 is 6.97. The standard InChI is InChI=1S/C32H28ClN/c33-31-24-7-2-1-6-21(24)12-13-29(31)34-28-11-5-9-26-25-8-3-4-10-27(25)32(30(26)28)22-15-19-14-20(17-22)18-23(32)16-19/h1-13,19-20,22-23,34H,14-18H2. The molecule has 0 aromatic heterocycles. The van der Waals surface area contributed by atoms with Crippen molar-refractivity contribution in [2.45, 2.75) is 37.5 Å². The molecule has 2 heteroatoms. The minimum atomic E-state index is 0.145. The molecule has 4 aromatic rings. The summed E-state index contributed by atoms with van der Waals surface area (Å²) in [6, 6.07) is 28.9. The van der Waals surface area contributed by atoms with Gasteiger partial charge in [0, 0.05) is 16.5 Å². The van der Waals surface area contributed by atoms with E-state index < -0.39 is 0 Å². The van der Waals surface area contributed by atoms with Crippen molar-refractivity contribution in [3.63, 3.8) is 0 Å². The minimum absolute atomic E-state index is 0.145. The van der Waals surface area contributed by atoms with Crippen LogP contribution >= 0.6 is 11.6 Å². The van der Waals surface area contributed by atoms with E-state index >= 15 is 0 Å². The average Bonchev–Trinajstić information content (AvgIpc) is 3.16. The fraction of sp³-hybridized carbons (Fsp3) is 0.312. The molecule has 9 rings (SSSR count). The van der Waals surface area contributed by atoms with E-state index in [0.29, 0.717) is 0 Å². The second kappa shape index (κ2) is 6.89. The maximum Gasteiger partial charge on any atom is 0.0719 e. The van der Waals surface area contributed by atoms with Gasteiger partial charge in [-0.3, -0.25) is 0 Å². The fourth-order valence-electron chi connectivity index (χ4n) is 8.79. The Labute approximate surface area is 206 Å². The number of anilines is 2. The number of benzene rings is 4. The van der Waals surface area contributed by atoms with E-state index in [0.717, 1.165) is 39.8 Å². The Morgan fingerprint density at radius 1 is 0.647 bits per heavy atom. The molecule has 0 heterocycles. The minimum Gasteiger partial charge on any atom is -0.354 e. The molecular weight excluding hydrogens is 434 g/mol. The summed E-state index contributed by atoms with van der Waals surface area (Å²) in [6.45, 7) is 0. The average molecular weight is 462 g/mol. The van der Waals surface area contributed by atoms with E-state index in [4.69, 9.17) is 11.6 Å². The first kappa shape index (κ1) is 19.5. The van der Waals surface area contributed by atoms with Crippen LogP contribution in [0.1, 0.15) is 43.2 Å². The van der Waals surface area contributed by atoms with Gasteiger partial charge in [-0.1, -0.05) is 78.3 Å². The molecule has 1 N–H and O–H groups in total. The molecule has 4 bridgehead atoms. The Morgan fingerprint density at radius 2 is 1.35 bits per heavy atom. The Balaban J connectivity index is 1.35. The van der Waals surface area contributed by atoms with Gasteiger partial charge in [0.15, 0.2) is 0 Å². The maximum absolute atomic E-state index is 6.97. The molecule has 0 radical (unpaired) electrons. The lowest BCUT2D eigenvalue weighted by molar-refractivity contribution is -0.0396. The van der Waals surface area contributed by atoms with Gasteiger partial charge in [0.25, 0.3) is 0 Å². The van der Waals surface area contributed by atoms with Crippen LogP contribution in [-0.2, 0) is 5.41 Å². The van der Waals surface area contributed by atoms with Gasteiger partial charge in [-0.05, 0) is 95.5 Å². The first-order chi connectivity index (χ1) is 16.7. The molecule has 1 nitrogen and oxygen atoms in total. The van der Waals surface area contributed by atoms with E-state index in [1.54, 1.807) is 11.1 Å². The zero-order valence-corrected chi connectivity index (χ0v) is 20.0. The molecule has 4 fully saturated rings. The number of halogens is 1. The SMILES string of the molecule is Clc1c(Nc2cccc3c2C2(c4ccccc4-3)C3CC4CC(C3)CC2C4)ccc2ccccc12. The maximum atomic E-state index is 6.97. The number of hydrogen-bond acceptors (Lipinski definition) is 1. The largest absolute Gasteiger partial charge is 0.354 e. The summed E-state index contributed by atoms with van der Waals surface area (Å²) in [5.41, 5.74) is 8.43. The monoisotopic (exact) mass is 461 g/mol. The van der Waals surface area contributed by atoms with E-state index in [-0.39, 0.29) is 5.41 Å². The normalized spacial score (nSPS) is 30.0. The predicted molar refractivity (Wildman–Crippen MR) is 142 cm³/mol. The molecule has 4 aromatic carbocycles. The number of hydrogen-bond donors (Lipinski definition) is 1. The molecule has 0 amide bonds. The summed E-state index contributed by atoms with van der Waals surface area (Å²) in [5, 5.41) is 6.95. The van der Waals surface area contributed by atoms with Gasteiger partial charge in [0.1, 0.15) is 0 Å². The highest BCUT2D eigenvalue weighted by atomic mass is 35.5. The van der Waals surface area contributed by atoms with Crippen molar-refractivity contribution in [2.24, 2.45) is 23.7 Å². The van der Waals surface area contributed by atoms with Crippen LogP contribution in [-0.4, -0.2) is 0 Å². The van der Waals surface area contributed by atoms with Crippen molar-refractivity contribution >= 4 is 33.7 Å². The number of nitrogens with one attached hydrogen (secondary N) is 1. The van der Waals surface area contributed by atoms with Crippen molar-refractivity contribution in [1.29, 1.82) is 0 Å². The van der Waals surface area contributed by atoms with E-state index in [1.165, 1.54) is 54.3 Å². The summed E-state index contributed by atoms with van der Waals surface area (Å²) in [5.74, 6) is 3.39. The zero-order valence-electron chi connectivity index (χ0n) is 19.2. The summed E-state index contributed by atoms with van der Waals surface area (Å²) in [4.78, 5) is 0. The third-order valence-electron chi connectivity index (χ3n) is 9.70. The van der Waals surface area contributed by atoms with Crippen LogP contribution in [0.5, 0.6) is 0 Å². The molecule has 4 saturated carbocycles. The third kappa shape index (κ3) is 2.41. The van der Waals surface area contributed by atoms with Crippen LogP contribution in [0, 0.1) is 23.7 Å². The van der Waals surface area contributed by atoms with Crippen molar-refractivity contribution < 1.29 is 0 Å². The van der Waals surface area contributed by atoms with Crippen LogP contribution in [0.3, 0.4) is 0 Å². The van der Waals surface area contributed by atoms with E-state index in [1.807, 2.05) is 0 Å². The fourth-order valence-corrected chi connectivity index (χ4v) is 9.07. The van der Waals surface area contributed by atoms with Crippen molar-refractivity contribution in [1.82, 2.24) is 0 Å². The lowest BCUT2D eigenvalue weighted by Gasteiger charge is -2.61. The quantitative estimate of drug-likeness (QED) is 0.314. The summed E-state index contributed by atoms with van der Waals surface area (Å²) in [6.07, 6.45) is 7.06. The van der Waals surface area contributed by atoms with Crippen LogP contribution in [0.25, 0.3) is 21.9 Å². The molecule has 0 unspecified atom stereocenters. The summed E-state index contributed by atoms with van der Waals surface area (Å²) < 4.78 is 0. The molecule has 0 atom stereocenters. The highest BCUT2D eigenvalue weighted by molar-refractivity contribution is 6.38. The van der Waals surface area contributed by atoms with Crippen molar-refractivity contribution in [3.05, 3.63) is 95.0 Å². The molecule has 0 saturated heterocycles. The first-order valence-corrected chi connectivity index (χ1v) is 13.3. The van der Waals surface area contributed by atoms with Gasteiger partial charge in [0.05, 0.1) is 10.7 Å². The van der Waals surface area contributed by atoms with E-state index in [2.05, 4.69) is 84.2 Å². The van der Waals surface area contributed by atoms with Gasteiger partial charge in [-0.15, -0.1) is 0 Å². The van der Waals surface area contributed by atoms with Crippen LogP contribution in [0.4, 0.5) is 11.4 Å². The van der Waals surface area contributed by atoms with Gasteiger partial charge >= 0.3 is 0 Å². The number of rotatable bonds is 2. The van der Waals surface area contributed by atoms with Gasteiger partial charge in [0.2, 0.25) is 0 Å². The van der Waals surface area contributed by atoms with Gasteiger partial charge in [-0.25, -0.2) is 0 Å². The molecular formula is C32H28ClN. The molecule has 5 aliphatic carbocycles. The Morgan fingerprint density at radius 3 is 2.18 bits per heavy atom. The second-order valence-corrected chi connectivity index (χ2v) is 11.6. The van der Waals surface area contributed by atoms with Crippen molar-refractivity contribution in [3.8, 4) is 11.1 Å². The molecule has 168 valence electrons. The molecule has 0 aliphatic heterocycles. The smallest absolute Gasteiger partial charge is 0.0719 e. The zero-order chi connectivity index (χ0) is 22.4. The predicted octanol–water partition coefficient (Wildman–Crippen LogP) is 8.96. The Hall–Kier alpha value is -2.77. The van der Waals surface area contributed by atoms with Crippen LogP contribution < -0.4 is 5.32 Å². The van der Waals surface area contributed by atoms with Gasteiger partial charge < -0.3 is 5.32 Å². The number of fused-ring (bicyclic) bond motifs is 4. The van der Waals surface area contributed by atoms with Crippen molar-refractivity contribution in [2.75, 3.05) is 5.32 Å². The van der Waals surface area contributed by atoms with E-state index in [9.17, 15) is 0 Å². The topological polar surface area (TPSA) is 12.0 Å². The lowest BCUT2D eigenvalue weighted by atomic mass is 9.43. The molecule has 1 spiro atoms. The molecule has 5 aliphatic rings.